The molecule has 3 heterocycles. The Labute approximate surface area is 205 Å². The van der Waals surface area contributed by atoms with Crippen LogP contribution in [0.3, 0.4) is 0 Å². The number of hydrogen-bond acceptors (Lipinski definition) is 15. The molecule has 0 aromatic rings. The Morgan fingerprint density at radius 1 is 0.722 bits per heavy atom. The molecule has 10 N–H and O–H groups in total. The maximum absolute atomic E-state index is 11.8. The van der Waals surface area contributed by atoms with E-state index in [4.69, 9.17) is 23.7 Å². The van der Waals surface area contributed by atoms with Crippen molar-refractivity contribution in [3.05, 3.63) is 0 Å². The number of aliphatic hydroxyl groups excluding tert-OH is 9. The zero-order valence-corrected chi connectivity index (χ0v) is 19.5. The molecular formula is C20H35NO15. The second-order valence-corrected chi connectivity index (χ2v) is 9.05. The van der Waals surface area contributed by atoms with E-state index < -0.39 is 111 Å². The Hall–Kier alpha value is -1.09. The van der Waals surface area contributed by atoms with Crippen LogP contribution in [0.2, 0.25) is 0 Å². The Morgan fingerprint density at radius 2 is 1.25 bits per heavy atom. The van der Waals surface area contributed by atoms with Crippen molar-refractivity contribution in [3.63, 3.8) is 0 Å². The molecule has 3 saturated heterocycles. The van der Waals surface area contributed by atoms with Gasteiger partial charge in [0.2, 0.25) is 5.91 Å². The Kier molecular flexibility index (Phi) is 9.97. The fourth-order valence-electron chi connectivity index (χ4n) is 4.40. The largest absolute Gasteiger partial charge is 0.394 e. The van der Waals surface area contributed by atoms with E-state index in [-0.39, 0.29) is 0 Å². The molecule has 3 aliphatic rings. The number of hydrogen-bond donors (Lipinski definition) is 10. The first-order valence-electron chi connectivity index (χ1n) is 11.4. The van der Waals surface area contributed by atoms with Gasteiger partial charge < -0.3 is 75.0 Å². The van der Waals surface area contributed by atoms with Crippen LogP contribution in [-0.4, -0.2) is 157 Å². The fraction of sp³-hybridized carbons (Fsp3) is 0.950. The van der Waals surface area contributed by atoms with E-state index in [0.717, 1.165) is 6.92 Å². The lowest BCUT2D eigenvalue weighted by Crippen LogP contribution is -2.69. The maximum Gasteiger partial charge on any atom is 0.217 e. The van der Waals surface area contributed by atoms with Gasteiger partial charge in [-0.25, -0.2) is 0 Å². The number of nitrogens with one attached hydrogen (secondary N) is 1. The second kappa shape index (κ2) is 12.2. The van der Waals surface area contributed by atoms with Crippen molar-refractivity contribution in [2.24, 2.45) is 0 Å². The van der Waals surface area contributed by atoms with Gasteiger partial charge in [-0.1, -0.05) is 0 Å². The normalized spacial score (nSPS) is 50.0. The van der Waals surface area contributed by atoms with E-state index >= 15 is 0 Å². The van der Waals surface area contributed by atoms with Gasteiger partial charge >= 0.3 is 0 Å². The number of carbonyl (C=O) groups is 1. The first-order valence-corrected chi connectivity index (χ1v) is 11.4. The molecule has 36 heavy (non-hydrogen) atoms. The molecule has 0 aliphatic carbocycles. The highest BCUT2D eigenvalue weighted by molar-refractivity contribution is 5.73. The zero-order valence-electron chi connectivity index (χ0n) is 19.5. The highest BCUT2D eigenvalue weighted by Crippen LogP contribution is 2.32. The quantitative estimate of drug-likeness (QED) is 0.147. The third-order valence-corrected chi connectivity index (χ3v) is 6.45. The first-order chi connectivity index (χ1) is 16.9. The summed E-state index contributed by atoms with van der Waals surface area (Å²) < 4.78 is 27.7. The summed E-state index contributed by atoms with van der Waals surface area (Å²) in [4.78, 5) is 11.8. The van der Waals surface area contributed by atoms with Crippen molar-refractivity contribution in [2.45, 2.75) is 106 Å². The van der Waals surface area contributed by atoms with Crippen LogP contribution >= 0.6 is 0 Å². The molecule has 16 heteroatoms. The topological polar surface area (TPSA) is 257 Å². The van der Waals surface area contributed by atoms with Crippen molar-refractivity contribution in [3.8, 4) is 0 Å². The van der Waals surface area contributed by atoms with Crippen LogP contribution < -0.4 is 5.32 Å². The van der Waals surface area contributed by atoms with Crippen molar-refractivity contribution >= 4 is 5.91 Å². The average Bonchev–Trinajstić information content (AvgIpc) is 2.84. The lowest BCUT2D eigenvalue weighted by atomic mass is 9.94. The fourth-order valence-corrected chi connectivity index (χ4v) is 4.40. The summed E-state index contributed by atoms with van der Waals surface area (Å²) >= 11 is 0. The number of amides is 1. The first kappa shape index (κ1) is 29.5. The van der Waals surface area contributed by atoms with E-state index in [1.165, 1.54) is 6.92 Å². The molecule has 1 amide bonds. The van der Waals surface area contributed by atoms with Crippen LogP contribution in [0.4, 0.5) is 0 Å². The Bertz CT molecular complexity index is 729. The van der Waals surface area contributed by atoms with E-state index in [0.29, 0.717) is 0 Å². The van der Waals surface area contributed by atoms with Crippen LogP contribution in [0.25, 0.3) is 0 Å². The molecule has 3 aliphatic heterocycles. The summed E-state index contributed by atoms with van der Waals surface area (Å²) in [5, 5.41) is 93.2. The number of carbonyl (C=O) groups excluding carboxylic acids is 1. The molecule has 0 saturated carbocycles. The van der Waals surface area contributed by atoms with Crippen molar-refractivity contribution in [1.29, 1.82) is 0 Å². The summed E-state index contributed by atoms with van der Waals surface area (Å²) in [5.41, 5.74) is 0. The molecule has 0 radical (unpaired) electrons. The standard InChI is InChI=1S/C20H35NO15/c1-5-10(25)12(27)14(29)19(32-5)36-17-9(21-6(2)24)18(31)33-8(4-23)16(17)35-20-15(30)13(28)11(26)7(3-22)34-20/h5,7-20,22-23,25-31H,3-4H2,1-2H3,(H,21,24)/t5-,7+,8+,9+,10+,11-,12+,13-,14-,15+,16+,17+,18-,19-,20-/m0/s1. The minimum atomic E-state index is -1.85. The molecule has 3 rings (SSSR count). The molecule has 0 spiro atoms. The van der Waals surface area contributed by atoms with Gasteiger partial charge in [-0.05, 0) is 6.92 Å². The molecule has 0 bridgehead atoms. The number of rotatable bonds is 7. The third-order valence-electron chi connectivity index (χ3n) is 6.45. The third kappa shape index (κ3) is 5.97. The SMILES string of the molecule is CC(=O)N[C@@H]1[C@@H](O[C@@H]2O[C@@H](C)[C@@H](O)[C@@H](O)[C@@H]2O)[C@H](O[C@@H]2O[C@H](CO)[C@H](O)[C@H](O)[C@H]2O)[C@@H](CO)O[C@@H]1O. The van der Waals surface area contributed by atoms with E-state index in [1.54, 1.807) is 0 Å². The van der Waals surface area contributed by atoms with Gasteiger partial charge in [0.25, 0.3) is 0 Å². The summed E-state index contributed by atoms with van der Waals surface area (Å²) in [6.45, 7) is 1.00. The molecule has 16 nitrogen and oxygen atoms in total. The van der Waals surface area contributed by atoms with Crippen LogP contribution in [0.1, 0.15) is 13.8 Å². The summed E-state index contributed by atoms with van der Waals surface area (Å²) in [6, 6.07) is -1.41. The van der Waals surface area contributed by atoms with Gasteiger partial charge in [0.05, 0.1) is 19.3 Å². The van der Waals surface area contributed by atoms with Crippen molar-refractivity contribution < 1.29 is 74.4 Å². The molecule has 15 atom stereocenters. The van der Waals surface area contributed by atoms with Crippen LogP contribution in [0, 0.1) is 0 Å². The molecule has 210 valence electrons. The molecular weight excluding hydrogens is 494 g/mol. The highest BCUT2D eigenvalue weighted by Gasteiger charge is 2.54. The average molecular weight is 529 g/mol. The van der Waals surface area contributed by atoms with Gasteiger partial charge in [0, 0.05) is 6.92 Å². The van der Waals surface area contributed by atoms with Gasteiger partial charge in [-0.2, -0.15) is 0 Å². The van der Waals surface area contributed by atoms with Gasteiger partial charge in [-0.15, -0.1) is 0 Å². The molecule has 3 fully saturated rings. The molecule has 0 aromatic carbocycles. The van der Waals surface area contributed by atoms with Crippen LogP contribution in [0.5, 0.6) is 0 Å². The van der Waals surface area contributed by atoms with Crippen LogP contribution in [0.15, 0.2) is 0 Å². The monoisotopic (exact) mass is 529 g/mol. The van der Waals surface area contributed by atoms with Gasteiger partial charge in [-0.3, -0.25) is 4.79 Å². The second-order valence-electron chi connectivity index (χ2n) is 9.05. The lowest BCUT2D eigenvalue weighted by Gasteiger charge is -2.49. The zero-order chi connectivity index (χ0) is 26.9. The molecule has 0 unspecified atom stereocenters. The maximum atomic E-state index is 11.8. The Morgan fingerprint density at radius 3 is 1.81 bits per heavy atom. The van der Waals surface area contributed by atoms with Crippen LogP contribution in [-0.2, 0) is 28.5 Å². The van der Waals surface area contributed by atoms with Gasteiger partial charge in [0.1, 0.15) is 67.1 Å². The summed E-state index contributed by atoms with van der Waals surface area (Å²) in [6.07, 6.45) is -22.0. The summed E-state index contributed by atoms with van der Waals surface area (Å²) in [7, 11) is 0. The smallest absolute Gasteiger partial charge is 0.217 e. The predicted octanol–water partition coefficient (Wildman–Crippen LogP) is -6.40. The lowest BCUT2D eigenvalue weighted by molar-refractivity contribution is -0.370. The predicted molar refractivity (Wildman–Crippen MR) is 111 cm³/mol. The van der Waals surface area contributed by atoms with E-state index in [1.807, 2.05) is 0 Å². The number of ether oxygens (including phenoxy) is 5. The summed E-state index contributed by atoms with van der Waals surface area (Å²) in [5.74, 6) is -0.640. The Balaban J connectivity index is 1.92. The van der Waals surface area contributed by atoms with E-state index in [2.05, 4.69) is 5.32 Å². The minimum Gasteiger partial charge on any atom is -0.394 e. The van der Waals surface area contributed by atoms with Gasteiger partial charge in [0.15, 0.2) is 18.9 Å². The molecule has 0 aromatic heterocycles. The highest BCUT2D eigenvalue weighted by atomic mass is 16.7. The van der Waals surface area contributed by atoms with E-state index in [9.17, 15) is 50.8 Å². The van der Waals surface area contributed by atoms with Crippen molar-refractivity contribution in [1.82, 2.24) is 5.32 Å². The minimum absolute atomic E-state index is 0.640. The number of aliphatic hydroxyl groups is 9. The van der Waals surface area contributed by atoms with Crippen molar-refractivity contribution in [2.75, 3.05) is 13.2 Å².